The monoisotopic (exact) mass is 470 g/mol. The van der Waals surface area contributed by atoms with Gasteiger partial charge in [-0.05, 0) is 47.8 Å². The van der Waals surface area contributed by atoms with Crippen molar-refractivity contribution >= 4 is 44.6 Å². The van der Waals surface area contributed by atoms with E-state index in [1.807, 2.05) is 0 Å². The zero-order chi connectivity index (χ0) is 21.9. The highest BCUT2D eigenvalue weighted by Gasteiger charge is 2.27. The van der Waals surface area contributed by atoms with Crippen LogP contribution in [0.1, 0.15) is 4.88 Å². The molecular formula is C20H17ClF2N2O3S2. The SMILES string of the molecule is CN(CC(=O)N(Cc1cccs1)c1ccc(F)cc1F)S(=O)(=O)c1ccc(Cl)cc1. The molecule has 0 aliphatic rings. The second-order valence-corrected chi connectivity index (χ2v) is 9.88. The molecule has 3 aromatic rings. The first kappa shape index (κ1) is 22.4. The molecule has 0 unspecified atom stereocenters. The Bertz CT molecular complexity index is 1140. The maximum absolute atomic E-state index is 14.4. The number of hydrogen-bond donors (Lipinski definition) is 0. The molecule has 0 fully saturated rings. The van der Waals surface area contributed by atoms with E-state index >= 15 is 0 Å². The zero-order valence-electron chi connectivity index (χ0n) is 15.8. The lowest BCUT2D eigenvalue weighted by Gasteiger charge is -2.25. The van der Waals surface area contributed by atoms with Crippen LogP contribution in [0.4, 0.5) is 14.5 Å². The third-order valence-corrected chi connectivity index (χ3v) is 7.21. The highest BCUT2D eigenvalue weighted by Crippen LogP contribution is 2.25. The normalized spacial score (nSPS) is 11.6. The van der Waals surface area contributed by atoms with Gasteiger partial charge < -0.3 is 4.90 Å². The topological polar surface area (TPSA) is 57.7 Å². The lowest BCUT2D eigenvalue weighted by molar-refractivity contribution is -0.118. The number of carbonyl (C=O) groups is 1. The third kappa shape index (κ3) is 5.04. The van der Waals surface area contributed by atoms with Crippen molar-refractivity contribution in [2.75, 3.05) is 18.5 Å². The molecule has 1 amide bonds. The van der Waals surface area contributed by atoms with Crippen molar-refractivity contribution in [3.63, 3.8) is 0 Å². The summed E-state index contributed by atoms with van der Waals surface area (Å²) >= 11 is 7.16. The minimum absolute atomic E-state index is 0.0217. The quantitative estimate of drug-likeness (QED) is 0.509. The molecule has 2 aromatic carbocycles. The second-order valence-electron chi connectivity index (χ2n) is 6.37. The number of hydrogen-bond acceptors (Lipinski definition) is 4. The Labute approximate surface area is 182 Å². The summed E-state index contributed by atoms with van der Waals surface area (Å²) in [5.41, 5.74) is -0.132. The van der Waals surface area contributed by atoms with Crippen molar-refractivity contribution < 1.29 is 22.0 Å². The average Bonchev–Trinajstić information content (AvgIpc) is 3.20. The summed E-state index contributed by atoms with van der Waals surface area (Å²) in [6.45, 7) is -0.513. The van der Waals surface area contributed by atoms with Gasteiger partial charge in [0.25, 0.3) is 0 Å². The van der Waals surface area contributed by atoms with Crippen LogP contribution in [0.25, 0.3) is 0 Å². The molecule has 0 bridgehead atoms. The van der Waals surface area contributed by atoms with Crippen LogP contribution in [0.3, 0.4) is 0 Å². The molecule has 0 saturated heterocycles. The van der Waals surface area contributed by atoms with Crippen LogP contribution in [-0.2, 0) is 21.4 Å². The number of nitrogens with zero attached hydrogens (tertiary/aromatic N) is 2. The number of likely N-dealkylation sites (N-methyl/N-ethyl adjacent to an activating group) is 1. The van der Waals surface area contributed by atoms with Crippen LogP contribution in [-0.4, -0.2) is 32.2 Å². The lowest BCUT2D eigenvalue weighted by Crippen LogP contribution is -2.41. The number of thiophene rings is 1. The van der Waals surface area contributed by atoms with Crippen LogP contribution in [0.2, 0.25) is 5.02 Å². The van der Waals surface area contributed by atoms with Gasteiger partial charge in [0, 0.05) is 23.0 Å². The summed E-state index contributed by atoms with van der Waals surface area (Å²) < 4.78 is 54.1. The van der Waals surface area contributed by atoms with Crippen LogP contribution in [0, 0.1) is 11.6 Å². The summed E-state index contributed by atoms with van der Waals surface area (Å²) in [5, 5.41) is 2.18. The number of sulfonamides is 1. The number of amides is 1. The summed E-state index contributed by atoms with van der Waals surface area (Å²) in [6, 6.07) is 12.0. The van der Waals surface area contributed by atoms with Crippen LogP contribution in [0.15, 0.2) is 64.9 Å². The molecule has 0 aliphatic heterocycles. The zero-order valence-corrected chi connectivity index (χ0v) is 18.1. The Balaban J connectivity index is 1.88. The Morgan fingerprint density at radius 2 is 1.80 bits per heavy atom. The molecule has 3 rings (SSSR count). The van der Waals surface area contributed by atoms with E-state index in [2.05, 4.69) is 0 Å². The fourth-order valence-corrected chi connectivity index (χ4v) is 4.65. The molecule has 5 nitrogen and oxygen atoms in total. The number of halogens is 3. The lowest BCUT2D eigenvalue weighted by atomic mass is 10.2. The standard InChI is InChI=1S/C20H17ClF2N2O3S2/c1-24(30(27,28)17-7-4-14(21)5-8-17)13-20(26)25(12-16-3-2-10-29-16)19-9-6-15(22)11-18(19)23/h2-11H,12-13H2,1H3. The fourth-order valence-electron chi connectivity index (χ4n) is 2.71. The van der Waals surface area contributed by atoms with Gasteiger partial charge in [0.2, 0.25) is 15.9 Å². The van der Waals surface area contributed by atoms with E-state index in [4.69, 9.17) is 11.6 Å². The van der Waals surface area contributed by atoms with Crippen molar-refractivity contribution in [3.05, 3.63) is 81.5 Å². The van der Waals surface area contributed by atoms with Crippen molar-refractivity contribution in [2.45, 2.75) is 11.4 Å². The minimum Gasteiger partial charge on any atom is -0.303 e. The van der Waals surface area contributed by atoms with E-state index in [0.717, 1.165) is 26.2 Å². The maximum atomic E-state index is 14.4. The molecule has 10 heteroatoms. The van der Waals surface area contributed by atoms with Gasteiger partial charge in [0.15, 0.2) is 0 Å². The van der Waals surface area contributed by atoms with Gasteiger partial charge in [-0.25, -0.2) is 17.2 Å². The number of benzene rings is 2. The molecule has 0 saturated carbocycles. The van der Waals surface area contributed by atoms with E-state index in [9.17, 15) is 22.0 Å². The van der Waals surface area contributed by atoms with E-state index in [-0.39, 0.29) is 17.1 Å². The molecule has 0 atom stereocenters. The molecule has 30 heavy (non-hydrogen) atoms. The predicted molar refractivity (Wildman–Crippen MR) is 113 cm³/mol. The molecule has 0 radical (unpaired) electrons. The smallest absolute Gasteiger partial charge is 0.243 e. The van der Waals surface area contributed by atoms with Crippen LogP contribution >= 0.6 is 22.9 Å². The highest BCUT2D eigenvalue weighted by molar-refractivity contribution is 7.89. The third-order valence-electron chi connectivity index (χ3n) is 4.28. The first-order valence-electron chi connectivity index (χ1n) is 8.68. The summed E-state index contributed by atoms with van der Waals surface area (Å²) in [4.78, 5) is 14.8. The van der Waals surface area contributed by atoms with Gasteiger partial charge in [-0.3, -0.25) is 4.79 Å². The van der Waals surface area contributed by atoms with Gasteiger partial charge in [-0.15, -0.1) is 11.3 Å². The van der Waals surface area contributed by atoms with Gasteiger partial charge in [0.1, 0.15) is 11.6 Å². The maximum Gasteiger partial charge on any atom is 0.243 e. The van der Waals surface area contributed by atoms with Crippen molar-refractivity contribution in [3.8, 4) is 0 Å². The fraction of sp³-hybridized carbons (Fsp3) is 0.150. The number of anilines is 1. The van der Waals surface area contributed by atoms with E-state index in [1.165, 1.54) is 42.6 Å². The average molecular weight is 471 g/mol. The molecule has 0 N–H and O–H groups in total. The second kappa shape index (κ2) is 9.22. The Hall–Kier alpha value is -2.33. The summed E-state index contributed by atoms with van der Waals surface area (Å²) in [6.07, 6.45) is 0. The first-order valence-corrected chi connectivity index (χ1v) is 11.4. The Morgan fingerprint density at radius 3 is 2.40 bits per heavy atom. The Morgan fingerprint density at radius 1 is 1.10 bits per heavy atom. The van der Waals surface area contributed by atoms with Crippen LogP contribution < -0.4 is 4.90 Å². The highest BCUT2D eigenvalue weighted by atomic mass is 35.5. The van der Waals surface area contributed by atoms with E-state index in [1.54, 1.807) is 17.5 Å². The van der Waals surface area contributed by atoms with Crippen molar-refractivity contribution in [1.82, 2.24) is 4.31 Å². The molecule has 158 valence electrons. The van der Waals surface area contributed by atoms with Gasteiger partial charge in [0.05, 0.1) is 23.7 Å². The first-order chi connectivity index (χ1) is 14.2. The molecular weight excluding hydrogens is 454 g/mol. The van der Waals surface area contributed by atoms with Gasteiger partial charge in [-0.1, -0.05) is 17.7 Å². The Kier molecular flexibility index (Phi) is 6.87. The van der Waals surface area contributed by atoms with Crippen molar-refractivity contribution in [1.29, 1.82) is 0 Å². The summed E-state index contributed by atoms with van der Waals surface area (Å²) in [5.74, 6) is -2.35. The molecule has 0 spiro atoms. The van der Waals surface area contributed by atoms with Gasteiger partial charge >= 0.3 is 0 Å². The minimum atomic E-state index is -3.97. The van der Waals surface area contributed by atoms with Crippen LogP contribution in [0.5, 0.6) is 0 Å². The predicted octanol–water partition coefficient (Wildman–Crippen LogP) is 4.53. The molecule has 1 heterocycles. The number of carbonyl (C=O) groups excluding carboxylic acids is 1. The van der Waals surface area contributed by atoms with E-state index in [0.29, 0.717) is 11.1 Å². The molecule has 0 aliphatic carbocycles. The molecule has 1 aromatic heterocycles. The van der Waals surface area contributed by atoms with E-state index < -0.39 is 34.1 Å². The number of rotatable bonds is 7. The largest absolute Gasteiger partial charge is 0.303 e. The summed E-state index contributed by atoms with van der Waals surface area (Å²) in [7, 11) is -2.71. The van der Waals surface area contributed by atoms with Crippen molar-refractivity contribution in [2.24, 2.45) is 0 Å². The van der Waals surface area contributed by atoms with Gasteiger partial charge in [-0.2, -0.15) is 4.31 Å².